The van der Waals surface area contributed by atoms with Crippen molar-refractivity contribution < 1.29 is 4.79 Å². The van der Waals surface area contributed by atoms with Gasteiger partial charge in [-0.3, -0.25) is 18.8 Å². The average Bonchev–Trinajstić information content (AvgIpc) is 3.55. The highest BCUT2D eigenvalue weighted by Gasteiger charge is 2.33. The fourth-order valence-corrected chi connectivity index (χ4v) is 6.07. The maximum absolute atomic E-state index is 13.7. The van der Waals surface area contributed by atoms with Crippen molar-refractivity contribution in [3.63, 3.8) is 0 Å². The summed E-state index contributed by atoms with van der Waals surface area (Å²) in [6.45, 7) is 8.50. The minimum Gasteiger partial charge on any atom is -0.322 e. The van der Waals surface area contributed by atoms with Crippen molar-refractivity contribution >= 4 is 40.3 Å². The van der Waals surface area contributed by atoms with Crippen LogP contribution in [0, 0.1) is 13.8 Å². The number of nitrogens with zero attached hydrogens (tertiary/aromatic N) is 4. The van der Waals surface area contributed by atoms with Gasteiger partial charge in [-0.2, -0.15) is 5.10 Å². The van der Waals surface area contributed by atoms with Gasteiger partial charge in [-0.1, -0.05) is 35.6 Å². The molecule has 7 nitrogen and oxygen atoms in total. The Morgan fingerprint density at radius 1 is 1.17 bits per heavy atom. The smallest absolute Gasteiger partial charge is 0.271 e. The number of allylic oxidation sites excluding steroid dienone is 1. The predicted octanol–water partition coefficient (Wildman–Crippen LogP) is 3.77. The van der Waals surface area contributed by atoms with Crippen molar-refractivity contribution in [2.24, 2.45) is 4.99 Å². The Morgan fingerprint density at radius 2 is 1.97 bits per heavy atom. The molecule has 0 radical (unpaired) electrons. The number of thiazole rings is 1. The molecule has 9 heteroatoms. The topological polar surface area (TPSA) is 81.3 Å². The second-order valence-electron chi connectivity index (χ2n) is 8.39. The molecule has 1 N–H and O–H groups in total. The largest absolute Gasteiger partial charge is 0.322 e. The summed E-state index contributed by atoms with van der Waals surface area (Å²) in [5.74, 6) is -0.256. The second kappa shape index (κ2) is 9.24. The molecule has 3 aromatic heterocycles. The van der Waals surface area contributed by atoms with Crippen molar-refractivity contribution in [2.45, 2.75) is 40.3 Å². The van der Waals surface area contributed by atoms with Crippen LogP contribution in [0.2, 0.25) is 0 Å². The third-order valence-corrected chi connectivity index (χ3v) is 7.97. The molecule has 0 saturated heterocycles. The molecule has 0 aliphatic carbocycles. The number of fused-ring (bicyclic) bond motifs is 1. The van der Waals surface area contributed by atoms with Gasteiger partial charge >= 0.3 is 0 Å². The summed E-state index contributed by atoms with van der Waals surface area (Å²) < 4.78 is 4.07. The van der Waals surface area contributed by atoms with Gasteiger partial charge in [-0.25, -0.2) is 4.99 Å². The number of anilines is 1. The molecule has 35 heavy (non-hydrogen) atoms. The molecular formula is C26H25N5O2S2. The number of benzene rings is 1. The maximum atomic E-state index is 13.7. The van der Waals surface area contributed by atoms with Gasteiger partial charge in [0.15, 0.2) is 4.80 Å². The highest BCUT2D eigenvalue weighted by molar-refractivity contribution is 7.10. The van der Waals surface area contributed by atoms with E-state index in [0.29, 0.717) is 20.6 Å². The number of rotatable bonds is 5. The summed E-state index contributed by atoms with van der Waals surface area (Å²) in [4.78, 5) is 33.5. The van der Waals surface area contributed by atoms with Crippen LogP contribution in [0.1, 0.15) is 41.6 Å². The van der Waals surface area contributed by atoms with Crippen LogP contribution in [-0.2, 0) is 11.3 Å². The Bertz CT molecular complexity index is 1640. The highest BCUT2D eigenvalue weighted by Crippen LogP contribution is 2.33. The van der Waals surface area contributed by atoms with Crippen LogP contribution in [0.4, 0.5) is 5.69 Å². The second-order valence-corrected chi connectivity index (χ2v) is 10.4. The average molecular weight is 504 g/mol. The number of thiophene rings is 1. The summed E-state index contributed by atoms with van der Waals surface area (Å²) in [6.07, 6.45) is 3.81. The van der Waals surface area contributed by atoms with Crippen LogP contribution < -0.4 is 20.2 Å². The molecule has 0 saturated carbocycles. The van der Waals surface area contributed by atoms with Gasteiger partial charge < -0.3 is 5.32 Å². The van der Waals surface area contributed by atoms with Crippen molar-refractivity contribution in [3.8, 4) is 0 Å². The summed E-state index contributed by atoms with van der Waals surface area (Å²) in [6, 6.07) is 11.0. The zero-order chi connectivity index (χ0) is 24.7. The van der Waals surface area contributed by atoms with E-state index >= 15 is 0 Å². The fourth-order valence-electron chi connectivity index (χ4n) is 4.21. The number of nitrogens with one attached hydrogen (secondary N) is 1. The van der Waals surface area contributed by atoms with Crippen molar-refractivity contribution in [3.05, 3.63) is 101 Å². The normalized spacial score (nSPS) is 15.8. The first-order chi connectivity index (χ1) is 16.9. The molecule has 5 rings (SSSR count). The molecule has 1 aliphatic rings. The lowest BCUT2D eigenvalue weighted by molar-refractivity contribution is -0.113. The van der Waals surface area contributed by atoms with Crippen molar-refractivity contribution in [2.75, 3.05) is 5.32 Å². The number of aromatic nitrogens is 3. The molecule has 4 heterocycles. The SMILES string of the molecule is CCn1cc(C=c2sc3n(c2=O)[C@H](c2cccs2)C(C(=O)Nc2ccccc2C)=C(C)N=3)c(C)n1. The van der Waals surface area contributed by atoms with E-state index in [2.05, 4.69) is 10.4 Å². The van der Waals surface area contributed by atoms with E-state index in [0.717, 1.165) is 33.9 Å². The lowest BCUT2D eigenvalue weighted by Gasteiger charge is -2.24. The van der Waals surface area contributed by atoms with Crippen molar-refractivity contribution in [1.82, 2.24) is 14.3 Å². The number of carbonyl (C=O) groups is 1. The Morgan fingerprint density at radius 3 is 2.66 bits per heavy atom. The molecule has 0 unspecified atom stereocenters. The van der Waals surface area contributed by atoms with Gasteiger partial charge in [0.2, 0.25) is 0 Å². The zero-order valence-electron chi connectivity index (χ0n) is 19.9. The van der Waals surface area contributed by atoms with E-state index in [9.17, 15) is 9.59 Å². The van der Waals surface area contributed by atoms with E-state index in [1.54, 1.807) is 4.57 Å². The van der Waals surface area contributed by atoms with E-state index in [-0.39, 0.29) is 11.5 Å². The number of hydrogen-bond donors (Lipinski definition) is 1. The number of carbonyl (C=O) groups excluding carboxylic acids is 1. The van der Waals surface area contributed by atoms with Gasteiger partial charge in [-0.15, -0.1) is 11.3 Å². The third-order valence-electron chi connectivity index (χ3n) is 6.07. The molecule has 0 fully saturated rings. The molecule has 1 aliphatic heterocycles. The van der Waals surface area contributed by atoms with Crippen LogP contribution in [0.25, 0.3) is 6.08 Å². The van der Waals surface area contributed by atoms with Gasteiger partial charge in [0.25, 0.3) is 11.5 Å². The lowest BCUT2D eigenvalue weighted by atomic mass is 10.0. The first kappa shape index (κ1) is 23.2. The third kappa shape index (κ3) is 4.21. The highest BCUT2D eigenvalue weighted by atomic mass is 32.1. The van der Waals surface area contributed by atoms with E-state index in [1.807, 2.05) is 86.4 Å². The minimum absolute atomic E-state index is 0.163. The van der Waals surface area contributed by atoms with Crippen LogP contribution in [0.5, 0.6) is 0 Å². The monoisotopic (exact) mass is 503 g/mol. The molecule has 1 atom stereocenters. The number of aryl methyl sites for hydroxylation is 3. The lowest BCUT2D eigenvalue weighted by Crippen LogP contribution is -2.40. The van der Waals surface area contributed by atoms with E-state index in [4.69, 9.17) is 4.99 Å². The minimum atomic E-state index is -0.545. The summed E-state index contributed by atoms with van der Waals surface area (Å²) in [5.41, 5.74) is 4.39. The fraction of sp³-hybridized carbons (Fsp3) is 0.231. The zero-order valence-corrected chi connectivity index (χ0v) is 21.5. The summed E-state index contributed by atoms with van der Waals surface area (Å²) in [5, 5.41) is 9.48. The molecular weight excluding hydrogens is 478 g/mol. The summed E-state index contributed by atoms with van der Waals surface area (Å²) >= 11 is 2.86. The Labute approximate surface area is 210 Å². The van der Waals surface area contributed by atoms with Crippen LogP contribution in [-0.4, -0.2) is 20.3 Å². The van der Waals surface area contributed by atoms with Gasteiger partial charge in [-0.05, 0) is 56.8 Å². The predicted molar refractivity (Wildman–Crippen MR) is 141 cm³/mol. The Hall–Kier alpha value is -3.56. The first-order valence-electron chi connectivity index (χ1n) is 11.3. The van der Waals surface area contributed by atoms with Gasteiger partial charge in [0.1, 0.15) is 6.04 Å². The number of para-hydroxylation sites is 1. The number of amides is 1. The van der Waals surface area contributed by atoms with Crippen LogP contribution >= 0.6 is 22.7 Å². The van der Waals surface area contributed by atoms with E-state index in [1.165, 1.54) is 22.7 Å². The van der Waals surface area contributed by atoms with Gasteiger partial charge in [0.05, 0.1) is 21.5 Å². The Balaban J connectivity index is 1.65. The van der Waals surface area contributed by atoms with Crippen LogP contribution in [0.15, 0.2) is 69.0 Å². The maximum Gasteiger partial charge on any atom is 0.271 e. The molecule has 4 aromatic rings. The standard InChI is InChI=1S/C26H25N5O2S2/c1-5-30-14-18(16(3)29-30)13-21-25(33)31-23(20-11-8-12-34-20)22(17(4)27-26(31)35-21)24(32)28-19-10-7-6-9-15(19)2/h6-14,23H,5H2,1-4H3,(H,28,32)/t23-/m1/s1. The molecule has 1 amide bonds. The van der Waals surface area contributed by atoms with Crippen LogP contribution in [0.3, 0.4) is 0 Å². The van der Waals surface area contributed by atoms with E-state index < -0.39 is 6.04 Å². The Kier molecular flexibility index (Phi) is 6.12. The summed E-state index contributed by atoms with van der Waals surface area (Å²) in [7, 11) is 0. The molecule has 178 valence electrons. The molecule has 0 bridgehead atoms. The molecule has 0 spiro atoms. The number of hydrogen-bond acceptors (Lipinski definition) is 6. The quantitative estimate of drug-likeness (QED) is 0.450. The molecule has 1 aromatic carbocycles. The van der Waals surface area contributed by atoms with Gasteiger partial charge in [0, 0.05) is 28.9 Å². The first-order valence-corrected chi connectivity index (χ1v) is 13.0. The van der Waals surface area contributed by atoms with Crippen molar-refractivity contribution in [1.29, 1.82) is 0 Å².